The number of aliphatic carboxylic acids is 1. The number of rotatable bonds is 5. The van der Waals surface area contributed by atoms with Crippen LogP contribution in [0.2, 0.25) is 0 Å². The molecule has 0 aromatic carbocycles. The third kappa shape index (κ3) is 4.97. The first kappa shape index (κ1) is 32.1. The zero-order valence-corrected chi connectivity index (χ0v) is 27.6. The summed E-state index contributed by atoms with van der Waals surface area (Å²) in [5.41, 5.74) is 11.7. The predicted molar refractivity (Wildman–Crippen MR) is 176 cm³/mol. The van der Waals surface area contributed by atoms with Gasteiger partial charge in [-0.15, -0.1) is 22.1 Å². The summed E-state index contributed by atoms with van der Waals surface area (Å²) in [5, 5.41) is 21.1. The topological polar surface area (TPSA) is 138 Å². The smallest absolute Gasteiger partial charge is 0.657 e. The molecule has 3 aliphatic rings. The molecule has 3 aromatic heterocycles. The fourth-order valence-electron chi connectivity index (χ4n) is 6.51. The standard InChI is InChI=1S/C35H33N4O5.Mg/c1-8-19-15(3)22-12-24-17(5)21(10-11-28(40)41)32(38-24)30-31(35(43)44-7)34(42)29-18(6)25(39-33(29)30)14-27-20(9-2)16(4)23(37-27)13-26(19)36-22;/h8,10-14,31,34,42H,1,9H2,2-7H3,(H2-,36,37,38,39,40,41);/q-1;+2/p-1/b11-10+,22-12?,23-13?,24-12?,25-14?,26-13?,27-14?,32-30?;/t31-,34?;/m1./s1. The van der Waals surface area contributed by atoms with Gasteiger partial charge in [-0.3, -0.25) is 4.79 Å². The van der Waals surface area contributed by atoms with E-state index < -0.39 is 24.0 Å². The van der Waals surface area contributed by atoms with Crippen molar-refractivity contribution in [3.05, 3.63) is 87.5 Å². The minimum Gasteiger partial charge on any atom is -0.657 e. The van der Waals surface area contributed by atoms with Gasteiger partial charge in [0.1, 0.15) is 5.92 Å². The average molecular weight is 613 g/mol. The molecule has 1 unspecified atom stereocenters. The number of carbonyl (C=O) groups excluding carboxylic acids is 1. The van der Waals surface area contributed by atoms with Gasteiger partial charge in [-0.1, -0.05) is 54.5 Å². The van der Waals surface area contributed by atoms with E-state index in [0.717, 1.165) is 57.1 Å². The third-order valence-electron chi connectivity index (χ3n) is 8.90. The number of hydrogen-bond acceptors (Lipinski definition) is 6. The number of aliphatic hydroxyl groups is 1. The van der Waals surface area contributed by atoms with Crippen LogP contribution in [0.5, 0.6) is 0 Å². The van der Waals surface area contributed by atoms with Crippen LogP contribution in [-0.4, -0.2) is 68.4 Å². The van der Waals surface area contributed by atoms with E-state index in [1.165, 1.54) is 13.2 Å². The zero-order chi connectivity index (χ0) is 31.6. The molecule has 1 aliphatic carbocycles. The Balaban J connectivity index is 0.00000400. The van der Waals surface area contributed by atoms with E-state index >= 15 is 0 Å². The minimum atomic E-state index is -1.23. The number of carbonyl (C=O) groups is 2. The van der Waals surface area contributed by atoms with E-state index in [4.69, 9.17) is 24.7 Å². The van der Waals surface area contributed by atoms with Crippen molar-refractivity contribution in [2.75, 3.05) is 7.11 Å². The molecule has 9 nitrogen and oxygen atoms in total. The summed E-state index contributed by atoms with van der Waals surface area (Å²) in [6.07, 6.45) is 3.79. The minimum absolute atomic E-state index is 0. The number of allylic oxidation sites excluding steroid dienone is 4. The van der Waals surface area contributed by atoms with Crippen molar-refractivity contribution in [1.29, 1.82) is 0 Å². The molecule has 2 atom stereocenters. The maximum atomic E-state index is 13.2. The Bertz CT molecular complexity index is 2080. The van der Waals surface area contributed by atoms with Gasteiger partial charge in [-0.05, 0) is 62.5 Å². The van der Waals surface area contributed by atoms with Gasteiger partial charge in [0.2, 0.25) is 0 Å². The Morgan fingerprint density at radius 2 is 1.62 bits per heavy atom. The quantitative estimate of drug-likeness (QED) is 0.228. The molecule has 2 aliphatic heterocycles. The molecular formula is C35H32MgN4O5. The number of carboxylic acids is 1. The number of ether oxygens (including phenoxy) is 1. The van der Waals surface area contributed by atoms with Gasteiger partial charge in [-0.25, -0.2) is 14.8 Å². The maximum absolute atomic E-state index is 13.2. The average Bonchev–Trinajstić information content (AvgIpc) is 3.72. The fourth-order valence-corrected chi connectivity index (χ4v) is 6.51. The van der Waals surface area contributed by atoms with Gasteiger partial charge in [0.15, 0.2) is 0 Å². The summed E-state index contributed by atoms with van der Waals surface area (Å²) in [7, 11) is 1.27. The van der Waals surface area contributed by atoms with Gasteiger partial charge in [0, 0.05) is 17.2 Å². The molecule has 0 amide bonds. The molecule has 3 aromatic rings. The van der Waals surface area contributed by atoms with Crippen LogP contribution in [0.25, 0.3) is 50.4 Å². The summed E-state index contributed by atoms with van der Waals surface area (Å²) in [5.74, 6) is -2.87. The van der Waals surface area contributed by atoms with Crippen molar-refractivity contribution in [2.24, 2.45) is 0 Å². The number of carboxylic acid groups (broad SMARTS) is 1. The van der Waals surface area contributed by atoms with E-state index in [2.05, 4.69) is 13.5 Å². The number of methoxy groups -OCH3 is 1. The van der Waals surface area contributed by atoms with Gasteiger partial charge in [0.25, 0.3) is 0 Å². The molecule has 0 fully saturated rings. The van der Waals surface area contributed by atoms with Crippen LogP contribution in [0.1, 0.15) is 77.3 Å². The Kier molecular flexibility index (Phi) is 8.52. The Morgan fingerprint density at radius 3 is 2.27 bits per heavy atom. The molecule has 45 heavy (non-hydrogen) atoms. The van der Waals surface area contributed by atoms with E-state index in [0.29, 0.717) is 50.4 Å². The molecule has 0 saturated heterocycles. The summed E-state index contributed by atoms with van der Waals surface area (Å²) in [6.45, 7) is 13.8. The molecular weight excluding hydrogens is 581 g/mol. The van der Waals surface area contributed by atoms with Gasteiger partial charge in [0.05, 0.1) is 36.0 Å². The van der Waals surface area contributed by atoms with Crippen molar-refractivity contribution in [2.45, 2.75) is 53.1 Å². The second kappa shape index (κ2) is 11.9. The molecule has 0 radical (unpaired) electrons. The second-order valence-corrected chi connectivity index (χ2v) is 11.2. The van der Waals surface area contributed by atoms with Crippen molar-refractivity contribution in [3.8, 4) is 0 Å². The molecule has 2 N–H and O–H groups in total. The van der Waals surface area contributed by atoms with Gasteiger partial charge in [-0.2, -0.15) is 0 Å². The number of esters is 1. The number of aryl methyl sites for hydroxylation is 3. The number of aromatic nitrogens is 4. The third-order valence-corrected chi connectivity index (χ3v) is 8.90. The van der Waals surface area contributed by atoms with Crippen molar-refractivity contribution in [1.82, 2.24) is 19.9 Å². The van der Waals surface area contributed by atoms with Gasteiger partial charge < -0.3 is 24.9 Å². The predicted octanol–water partition coefficient (Wildman–Crippen LogP) is 5.15. The maximum Gasteiger partial charge on any atom is 2.00 e. The molecule has 6 rings (SSSR count). The molecule has 8 bridgehead atoms. The first-order valence-electron chi connectivity index (χ1n) is 14.4. The molecule has 0 saturated carbocycles. The zero-order valence-electron chi connectivity index (χ0n) is 26.1. The summed E-state index contributed by atoms with van der Waals surface area (Å²) >= 11 is 0. The SMILES string of the molecule is C=CC1=C(C)c2cc3[n-]c(c(/C=C/C(=O)O)c3C)c3c4nc(cc5[n-]c(cc1n2)c(C)c5CC)C(C)=C4C(O)[C@@H]3C(=O)OC.[Mg+2]. The van der Waals surface area contributed by atoms with Crippen LogP contribution in [-0.2, 0) is 20.7 Å². The summed E-state index contributed by atoms with van der Waals surface area (Å²) in [4.78, 5) is 44.7. The Hall–Kier alpha value is -4.25. The fraction of sp³-hybridized carbons (Fsp3) is 0.257. The van der Waals surface area contributed by atoms with E-state index in [-0.39, 0.29) is 23.1 Å². The second-order valence-electron chi connectivity index (χ2n) is 11.2. The van der Waals surface area contributed by atoms with Crippen LogP contribution < -0.4 is 9.97 Å². The Morgan fingerprint density at radius 1 is 0.978 bits per heavy atom. The molecule has 5 heterocycles. The van der Waals surface area contributed by atoms with Crippen LogP contribution in [0.4, 0.5) is 0 Å². The van der Waals surface area contributed by atoms with E-state index in [1.807, 2.05) is 45.9 Å². The van der Waals surface area contributed by atoms with E-state index in [9.17, 15) is 19.8 Å². The summed E-state index contributed by atoms with van der Waals surface area (Å²) < 4.78 is 5.14. The van der Waals surface area contributed by atoms with Crippen LogP contribution in [0, 0.1) is 13.8 Å². The number of aliphatic hydroxyl groups excluding tert-OH is 1. The largest absolute Gasteiger partial charge is 2.00 e. The molecule has 10 heteroatoms. The molecule has 0 spiro atoms. The van der Waals surface area contributed by atoms with Crippen LogP contribution in [0.15, 0.2) is 36.9 Å². The van der Waals surface area contributed by atoms with Gasteiger partial charge >= 0.3 is 35.0 Å². The first-order valence-corrected chi connectivity index (χ1v) is 14.4. The number of hydrogen-bond donors (Lipinski definition) is 2. The number of nitrogens with zero attached hydrogens (tertiary/aromatic N) is 4. The first-order chi connectivity index (χ1) is 21.0. The normalized spacial score (nSPS) is 17.2. The Labute approximate surface area is 276 Å². The van der Waals surface area contributed by atoms with Crippen LogP contribution in [0.3, 0.4) is 0 Å². The van der Waals surface area contributed by atoms with Crippen molar-refractivity contribution in [3.63, 3.8) is 0 Å². The van der Waals surface area contributed by atoms with Crippen molar-refractivity contribution < 1.29 is 24.5 Å². The van der Waals surface area contributed by atoms with Crippen molar-refractivity contribution >= 4 is 85.4 Å². The summed E-state index contributed by atoms with van der Waals surface area (Å²) in [6, 6.07) is 5.73. The molecule has 224 valence electrons. The van der Waals surface area contributed by atoms with Crippen LogP contribution >= 0.6 is 0 Å². The monoisotopic (exact) mass is 612 g/mol. The number of fused-ring (bicyclic) bond motifs is 8. The van der Waals surface area contributed by atoms with E-state index in [1.54, 1.807) is 6.08 Å².